The maximum absolute atomic E-state index is 15.7. The van der Waals surface area contributed by atoms with Crippen molar-refractivity contribution in [3.63, 3.8) is 0 Å². The molecule has 0 spiro atoms. The second-order valence-electron chi connectivity index (χ2n) is 11.5. The third kappa shape index (κ3) is 8.41. The first-order valence-electron chi connectivity index (χ1n) is 15.5. The molecule has 2 N–H and O–H groups in total. The van der Waals surface area contributed by atoms with E-state index in [2.05, 4.69) is 13.0 Å². The largest absolute Gasteiger partial charge is 0.488 e. The van der Waals surface area contributed by atoms with Gasteiger partial charge in [-0.05, 0) is 109 Å². The zero-order chi connectivity index (χ0) is 28.2. The van der Waals surface area contributed by atoms with Gasteiger partial charge in [0.05, 0.1) is 0 Å². The molecule has 0 heterocycles. The van der Waals surface area contributed by atoms with E-state index >= 15 is 4.39 Å². The molecule has 3 nitrogen and oxygen atoms in total. The summed E-state index contributed by atoms with van der Waals surface area (Å²) in [5.74, 6) is 1.90. The SMILES string of the molecule is CCCCCC1CCC(c2ccc(-c3cc(CCCO)c(OCc4ccccc4)c(CCCO)c3)c(F)c2)CC1. The van der Waals surface area contributed by atoms with Crippen molar-refractivity contribution >= 4 is 0 Å². The average Bonchev–Trinajstić information content (AvgIpc) is 2.99. The smallest absolute Gasteiger partial charge is 0.131 e. The lowest BCUT2D eigenvalue weighted by molar-refractivity contribution is 0.278. The van der Waals surface area contributed by atoms with E-state index in [1.54, 1.807) is 6.07 Å². The Hall–Kier alpha value is -2.69. The summed E-state index contributed by atoms with van der Waals surface area (Å²) in [5.41, 5.74) is 5.57. The van der Waals surface area contributed by atoms with E-state index in [1.807, 2.05) is 48.5 Å². The Kier molecular flexibility index (Phi) is 12.1. The fraction of sp³-hybridized carbons (Fsp3) is 0.500. The molecule has 3 aromatic carbocycles. The molecule has 4 heteroatoms. The van der Waals surface area contributed by atoms with Crippen molar-refractivity contribution in [2.45, 2.75) is 96.5 Å². The molecular formula is C36H47FO3. The molecule has 0 bridgehead atoms. The number of benzene rings is 3. The van der Waals surface area contributed by atoms with Crippen LogP contribution in [0.25, 0.3) is 11.1 Å². The van der Waals surface area contributed by atoms with Gasteiger partial charge in [0.25, 0.3) is 0 Å². The second-order valence-corrected chi connectivity index (χ2v) is 11.5. The Morgan fingerprint density at radius 1 is 0.800 bits per heavy atom. The lowest BCUT2D eigenvalue weighted by atomic mass is 9.77. The van der Waals surface area contributed by atoms with E-state index in [-0.39, 0.29) is 19.0 Å². The van der Waals surface area contributed by atoms with Crippen LogP contribution in [-0.4, -0.2) is 23.4 Å². The van der Waals surface area contributed by atoms with Gasteiger partial charge < -0.3 is 14.9 Å². The number of hydrogen-bond donors (Lipinski definition) is 2. The number of unbranched alkanes of at least 4 members (excludes halogenated alkanes) is 2. The molecule has 216 valence electrons. The first-order chi connectivity index (χ1) is 19.6. The second kappa shape index (κ2) is 15.9. The summed E-state index contributed by atoms with van der Waals surface area (Å²) in [5, 5.41) is 19.1. The predicted octanol–water partition coefficient (Wildman–Crippen LogP) is 8.78. The molecule has 1 aliphatic carbocycles. The van der Waals surface area contributed by atoms with Crippen LogP contribution in [0.1, 0.15) is 99.3 Å². The maximum atomic E-state index is 15.7. The quantitative estimate of drug-likeness (QED) is 0.187. The summed E-state index contributed by atoms with van der Waals surface area (Å²) in [7, 11) is 0. The minimum Gasteiger partial charge on any atom is -0.488 e. The first kappa shape index (κ1) is 30.3. The van der Waals surface area contributed by atoms with E-state index < -0.39 is 0 Å². The van der Waals surface area contributed by atoms with Gasteiger partial charge in [0.15, 0.2) is 0 Å². The Labute approximate surface area is 240 Å². The van der Waals surface area contributed by atoms with Gasteiger partial charge in [0.1, 0.15) is 18.2 Å². The van der Waals surface area contributed by atoms with Gasteiger partial charge in [-0.3, -0.25) is 0 Å². The zero-order valence-corrected chi connectivity index (χ0v) is 24.2. The molecule has 1 fully saturated rings. The fourth-order valence-corrected chi connectivity index (χ4v) is 6.22. The molecule has 1 saturated carbocycles. The van der Waals surface area contributed by atoms with E-state index in [0.717, 1.165) is 52.3 Å². The number of rotatable bonds is 15. The summed E-state index contributed by atoms with van der Waals surface area (Å²) in [4.78, 5) is 0. The van der Waals surface area contributed by atoms with Crippen LogP contribution in [0.5, 0.6) is 5.75 Å². The minimum absolute atomic E-state index is 0.0816. The van der Waals surface area contributed by atoms with Gasteiger partial charge in [-0.1, -0.05) is 75.1 Å². The van der Waals surface area contributed by atoms with E-state index in [4.69, 9.17) is 4.74 Å². The standard InChI is InChI=1S/C36H47FO3/c1-2-3-5-10-27-15-17-29(18-16-27)30-19-20-34(35(37)25-30)33-23-31(13-8-21-38)36(32(24-33)14-9-22-39)40-26-28-11-6-4-7-12-28/h4,6-7,11-12,19-20,23-25,27,29,38-39H,2-3,5,8-10,13-18,21-22,26H2,1H3. The van der Waals surface area contributed by atoms with Gasteiger partial charge in [0.2, 0.25) is 0 Å². The van der Waals surface area contributed by atoms with Crippen molar-refractivity contribution in [1.82, 2.24) is 0 Å². The number of aliphatic hydroxyl groups is 2. The van der Waals surface area contributed by atoms with E-state index in [9.17, 15) is 10.2 Å². The molecule has 0 aromatic heterocycles. The Morgan fingerprint density at radius 3 is 2.08 bits per heavy atom. The number of aryl methyl sites for hydroxylation is 2. The Balaban J connectivity index is 1.56. The van der Waals surface area contributed by atoms with Crippen molar-refractivity contribution in [1.29, 1.82) is 0 Å². The summed E-state index contributed by atoms with van der Waals surface area (Å²) in [6, 6.07) is 19.9. The highest BCUT2D eigenvalue weighted by molar-refractivity contribution is 5.69. The summed E-state index contributed by atoms with van der Waals surface area (Å²) in [6.07, 6.45) is 12.6. The van der Waals surface area contributed by atoms with Crippen molar-refractivity contribution < 1.29 is 19.3 Å². The molecule has 0 radical (unpaired) electrons. The summed E-state index contributed by atoms with van der Waals surface area (Å²) < 4.78 is 22.0. The average molecular weight is 547 g/mol. The van der Waals surface area contributed by atoms with Crippen LogP contribution >= 0.6 is 0 Å². The highest BCUT2D eigenvalue weighted by Gasteiger charge is 2.23. The van der Waals surface area contributed by atoms with Crippen LogP contribution in [0.2, 0.25) is 0 Å². The van der Waals surface area contributed by atoms with Crippen LogP contribution in [0.15, 0.2) is 60.7 Å². The highest BCUT2D eigenvalue weighted by Crippen LogP contribution is 2.40. The lowest BCUT2D eigenvalue weighted by Gasteiger charge is -2.29. The molecule has 0 amide bonds. The molecule has 40 heavy (non-hydrogen) atoms. The number of aliphatic hydroxyl groups excluding tert-OH is 2. The van der Waals surface area contributed by atoms with E-state index in [0.29, 0.717) is 43.8 Å². The third-order valence-corrected chi connectivity index (χ3v) is 8.52. The Morgan fingerprint density at radius 2 is 1.48 bits per heavy atom. The van der Waals surface area contributed by atoms with Crippen LogP contribution in [-0.2, 0) is 19.4 Å². The number of hydrogen-bond acceptors (Lipinski definition) is 3. The van der Waals surface area contributed by atoms with Crippen molar-refractivity contribution in [3.05, 3.63) is 88.7 Å². The van der Waals surface area contributed by atoms with Crippen LogP contribution < -0.4 is 4.74 Å². The van der Waals surface area contributed by atoms with Crippen LogP contribution in [0.4, 0.5) is 4.39 Å². The van der Waals surface area contributed by atoms with Crippen molar-refractivity contribution in [2.75, 3.05) is 13.2 Å². The predicted molar refractivity (Wildman–Crippen MR) is 162 cm³/mol. The van der Waals surface area contributed by atoms with Crippen LogP contribution in [0.3, 0.4) is 0 Å². The topological polar surface area (TPSA) is 49.7 Å². The first-order valence-corrected chi connectivity index (χ1v) is 15.5. The van der Waals surface area contributed by atoms with Gasteiger partial charge in [-0.25, -0.2) is 4.39 Å². The number of halogens is 1. The third-order valence-electron chi connectivity index (χ3n) is 8.52. The molecule has 4 rings (SSSR count). The normalized spacial score (nSPS) is 17.2. The van der Waals surface area contributed by atoms with Crippen LogP contribution in [0, 0.1) is 11.7 Å². The van der Waals surface area contributed by atoms with Gasteiger partial charge in [-0.15, -0.1) is 0 Å². The molecule has 0 aliphatic heterocycles. The maximum Gasteiger partial charge on any atom is 0.131 e. The minimum atomic E-state index is -0.179. The monoisotopic (exact) mass is 546 g/mol. The fourth-order valence-electron chi connectivity index (χ4n) is 6.22. The van der Waals surface area contributed by atoms with E-state index in [1.165, 1.54) is 38.5 Å². The Bertz CT molecular complexity index is 1140. The lowest BCUT2D eigenvalue weighted by Crippen LogP contribution is -2.13. The molecular weight excluding hydrogens is 499 g/mol. The highest BCUT2D eigenvalue weighted by atomic mass is 19.1. The van der Waals surface area contributed by atoms with Gasteiger partial charge in [0, 0.05) is 18.8 Å². The molecule has 0 atom stereocenters. The molecule has 0 unspecified atom stereocenters. The zero-order valence-electron chi connectivity index (χ0n) is 24.2. The molecule has 1 aliphatic rings. The van der Waals surface area contributed by atoms with Crippen molar-refractivity contribution in [3.8, 4) is 16.9 Å². The van der Waals surface area contributed by atoms with Gasteiger partial charge in [-0.2, -0.15) is 0 Å². The summed E-state index contributed by atoms with van der Waals surface area (Å²) in [6.45, 7) is 2.86. The van der Waals surface area contributed by atoms with Crippen molar-refractivity contribution in [2.24, 2.45) is 5.92 Å². The van der Waals surface area contributed by atoms with Gasteiger partial charge >= 0.3 is 0 Å². The molecule has 3 aromatic rings. The molecule has 0 saturated heterocycles. The number of ether oxygens (including phenoxy) is 1. The summed E-state index contributed by atoms with van der Waals surface area (Å²) >= 11 is 0.